The Morgan fingerprint density at radius 2 is 1.67 bits per heavy atom. The van der Waals surface area contributed by atoms with Crippen LogP contribution in [0.25, 0.3) is 17.1 Å². The van der Waals surface area contributed by atoms with Crippen molar-refractivity contribution in [1.82, 2.24) is 19.7 Å². The minimum Gasteiger partial charge on any atom is -0.397 e. The maximum Gasteiger partial charge on any atom is 0.224 e. The number of benzene rings is 2. The van der Waals surface area contributed by atoms with E-state index in [-0.39, 0.29) is 5.91 Å². The van der Waals surface area contributed by atoms with E-state index in [4.69, 9.17) is 5.73 Å². The molecule has 0 aliphatic rings. The van der Waals surface area contributed by atoms with Crippen LogP contribution in [0.2, 0.25) is 0 Å². The highest BCUT2D eigenvalue weighted by molar-refractivity contribution is 7.99. The van der Waals surface area contributed by atoms with E-state index in [0.29, 0.717) is 17.8 Å². The molecular weight excluding hydrogens is 432 g/mol. The van der Waals surface area contributed by atoms with Crippen LogP contribution in [0.1, 0.15) is 25.7 Å². The van der Waals surface area contributed by atoms with Gasteiger partial charge in [0.25, 0.3) is 0 Å². The summed E-state index contributed by atoms with van der Waals surface area (Å²) in [5.41, 5.74) is 9.12. The highest BCUT2D eigenvalue weighted by atomic mass is 32.2. The summed E-state index contributed by atoms with van der Waals surface area (Å²) in [6.07, 6.45) is 6.76. The second-order valence-electron chi connectivity index (χ2n) is 7.51. The quantitative estimate of drug-likeness (QED) is 0.192. The number of nitrogens with zero attached hydrogens (tertiary/aromatic N) is 4. The standard InChI is InChI=1S/C25H26N6OS/c26-21-11-6-7-12-22(21)28-23(32)13-5-2-8-18-33-25-30-29-24(19-14-16-27-17-15-19)31(25)20-9-3-1-4-10-20/h1,3-4,6-7,9-12,14-17H,2,5,8,13,18,26H2,(H,28,32). The lowest BCUT2D eigenvalue weighted by molar-refractivity contribution is -0.116. The molecule has 0 radical (unpaired) electrons. The zero-order valence-electron chi connectivity index (χ0n) is 18.2. The molecule has 7 nitrogen and oxygen atoms in total. The molecule has 1 amide bonds. The van der Waals surface area contributed by atoms with E-state index in [1.165, 1.54) is 0 Å². The van der Waals surface area contributed by atoms with Crippen LogP contribution in [0.4, 0.5) is 11.4 Å². The second kappa shape index (κ2) is 11.3. The predicted octanol–water partition coefficient (Wildman–Crippen LogP) is 5.20. The number of nitrogen functional groups attached to an aromatic ring is 1. The third kappa shape index (κ3) is 5.98. The van der Waals surface area contributed by atoms with Gasteiger partial charge in [-0.1, -0.05) is 48.5 Å². The molecule has 4 rings (SSSR count). The molecule has 0 fully saturated rings. The van der Waals surface area contributed by atoms with Gasteiger partial charge in [-0.25, -0.2) is 0 Å². The Hall–Kier alpha value is -3.65. The maximum absolute atomic E-state index is 12.2. The molecule has 33 heavy (non-hydrogen) atoms. The van der Waals surface area contributed by atoms with Crippen molar-refractivity contribution in [1.29, 1.82) is 0 Å². The van der Waals surface area contributed by atoms with Gasteiger partial charge in [0.2, 0.25) is 5.91 Å². The molecular formula is C25H26N6OS. The number of para-hydroxylation sites is 3. The minimum atomic E-state index is -0.00799. The molecule has 0 aliphatic heterocycles. The van der Waals surface area contributed by atoms with E-state index >= 15 is 0 Å². The number of thioether (sulfide) groups is 1. The lowest BCUT2D eigenvalue weighted by Gasteiger charge is -2.10. The van der Waals surface area contributed by atoms with E-state index in [9.17, 15) is 4.79 Å². The lowest BCUT2D eigenvalue weighted by Crippen LogP contribution is -2.12. The molecule has 0 bridgehead atoms. The Kier molecular flexibility index (Phi) is 7.71. The van der Waals surface area contributed by atoms with Gasteiger partial charge in [0.05, 0.1) is 11.4 Å². The van der Waals surface area contributed by atoms with Crippen LogP contribution in [0.3, 0.4) is 0 Å². The number of anilines is 2. The third-order valence-electron chi connectivity index (χ3n) is 5.10. The Morgan fingerprint density at radius 3 is 2.45 bits per heavy atom. The summed E-state index contributed by atoms with van der Waals surface area (Å²) in [5, 5.41) is 12.6. The van der Waals surface area contributed by atoms with Gasteiger partial charge < -0.3 is 11.1 Å². The van der Waals surface area contributed by atoms with Crippen molar-refractivity contribution in [2.45, 2.75) is 30.8 Å². The van der Waals surface area contributed by atoms with Gasteiger partial charge in [-0.15, -0.1) is 10.2 Å². The summed E-state index contributed by atoms with van der Waals surface area (Å²) in [6, 6.07) is 21.3. The first-order chi connectivity index (χ1) is 16.2. The lowest BCUT2D eigenvalue weighted by atomic mass is 10.2. The fourth-order valence-electron chi connectivity index (χ4n) is 3.41. The first kappa shape index (κ1) is 22.5. The molecule has 0 aliphatic carbocycles. The Labute approximate surface area is 197 Å². The third-order valence-corrected chi connectivity index (χ3v) is 6.12. The number of hydrogen-bond acceptors (Lipinski definition) is 6. The van der Waals surface area contributed by atoms with Crippen LogP contribution in [0, 0.1) is 0 Å². The van der Waals surface area contributed by atoms with Crippen molar-refractivity contribution in [2.75, 3.05) is 16.8 Å². The first-order valence-corrected chi connectivity index (χ1v) is 11.9. The molecule has 2 aromatic carbocycles. The number of unbranched alkanes of at least 4 members (excludes halogenated alkanes) is 2. The molecule has 3 N–H and O–H groups in total. The molecule has 0 saturated heterocycles. The van der Waals surface area contributed by atoms with Crippen molar-refractivity contribution < 1.29 is 4.79 Å². The molecule has 168 valence electrons. The minimum absolute atomic E-state index is 0.00799. The highest BCUT2D eigenvalue weighted by Crippen LogP contribution is 2.28. The second-order valence-corrected chi connectivity index (χ2v) is 8.57. The number of pyridine rings is 1. The molecule has 0 spiro atoms. The van der Waals surface area contributed by atoms with Gasteiger partial charge in [-0.2, -0.15) is 0 Å². The number of nitrogens with one attached hydrogen (secondary N) is 1. The maximum atomic E-state index is 12.2. The van der Waals surface area contributed by atoms with E-state index in [1.807, 2.05) is 48.5 Å². The summed E-state index contributed by atoms with van der Waals surface area (Å²) in [6.45, 7) is 0. The van der Waals surface area contributed by atoms with E-state index in [0.717, 1.165) is 47.2 Å². The Balaban J connectivity index is 1.30. The zero-order chi connectivity index (χ0) is 22.9. The number of aromatic nitrogens is 4. The smallest absolute Gasteiger partial charge is 0.224 e. The molecule has 2 heterocycles. The summed E-state index contributed by atoms with van der Waals surface area (Å²) < 4.78 is 2.08. The number of nitrogens with two attached hydrogens (primary N) is 1. The number of amides is 1. The Bertz CT molecular complexity index is 1180. The molecule has 0 atom stereocenters. The van der Waals surface area contributed by atoms with Crippen LogP contribution < -0.4 is 11.1 Å². The molecule has 2 aromatic heterocycles. The van der Waals surface area contributed by atoms with E-state index < -0.39 is 0 Å². The summed E-state index contributed by atoms with van der Waals surface area (Å²) in [5.74, 6) is 1.68. The fourth-order valence-corrected chi connectivity index (χ4v) is 4.36. The first-order valence-electron chi connectivity index (χ1n) is 10.9. The number of hydrogen-bond donors (Lipinski definition) is 2. The van der Waals surface area contributed by atoms with Gasteiger partial charge in [0.1, 0.15) is 0 Å². The Morgan fingerprint density at radius 1 is 0.909 bits per heavy atom. The average molecular weight is 459 g/mol. The van der Waals surface area contributed by atoms with Gasteiger partial charge in [0, 0.05) is 35.8 Å². The highest BCUT2D eigenvalue weighted by Gasteiger charge is 2.15. The van der Waals surface area contributed by atoms with Crippen molar-refractivity contribution in [3.63, 3.8) is 0 Å². The average Bonchev–Trinajstić information content (AvgIpc) is 3.28. The van der Waals surface area contributed by atoms with Crippen LogP contribution in [-0.2, 0) is 4.79 Å². The van der Waals surface area contributed by atoms with Crippen molar-refractivity contribution in [2.24, 2.45) is 0 Å². The van der Waals surface area contributed by atoms with Gasteiger partial charge in [0.15, 0.2) is 11.0 Å². The largest absolute Gasteiger partial charge is 0.397 e. The number of rotatable bonds is 10. The zero-order valence-corrected chi connectivity index (χ0v) is 19.0. The summed E-state index contributed by atoms with van der Waals surface area (Å²) in [4.78, 5) is 16.3. The number of carbonyl (C=O) groups excluding carboxylic acids is 1. The van der Waals surface area contributed by atoms with Crippen molar-refractivity contribution in [3.8, 4) is 17.1 Å². The van der Waals surface area contributed by atoms with Crippen LogP contribution in [0.5, 0.6) is 0 Å². The monoisotopic (exact) mass is 458 g/mol. The summed E-state index contributed by atoms with van der Waals surface area (Å²) >= 11 is 1.68. The van der Waals surface area contributed by atoms with Crippen LogP contribution in [-0.4, -0.2) is 31.4 Å². The van der Waals surface area contributed by atoms with E-state index in [2.05, 4.69) is 37.2 Å². The van der Waals surface area contributed by atoms with E-state index in [1.54, 1.807) is 30.2 Å². The van der Waals surface area contributed by atoms with Crippen LogP contribution in [0.15, 0.2) is 84.3 Å². The fraction of sp³-hybridized carbons (Fsp3) is 0.200. The molecule has 8 heteroatoms. The summed E-state index contributed by atoms with van der Waals surface area (Å²) in [7, 11) is 0. The molecule has 0 unspecified atom stereocenters. The molecule has 0 saturated carbocycles. The number of carbonyl (C=O) groups is 1. The molecule has 4 aromatic rings. The van der Waals surface area contributed by atoms with Crippen molar-refractivity contribution in [3.05, 3.63) is 79.1 Å². The van der Waals surface area contributed by atoms with Gasteiger partial charge in [-0.3, -0.25) is 14.3 Å². The predicted molar refractivity (Wildman–Crippen MR) is 133 cm³/mol. The van der Waals surface area contributed by atoms with Gasteiger partial charge >= 0.3 is 0 Å². The SMILES string of the molecule is Nc1ccccc1NC(=O)CCCCCSc1nnc(-c2ccncc2)n1-c1ccccc1. The normalized spacial score (nSPS) is 10.8. The van der Waals surface area contributed by atoms with Crippen molar-refractivity contribution >= 4 is 29.0 Å². The van der Waals surface area contributed by atoms with Gasteiger partial charge in [-0.05, 0) is 49.2 Å². The van der Waals surface area contributed by atoms with Crippen LogP contribution >= 0.6 is 11.8 Å². The topological polar surface area (TPSA) is 98.7 Å².